The number of hydrogen-bond acceptors (Lipinski definition) is 8. The number of anilines is 1. The van der Waals surface area contributed by atoms with Gasteiger partial charge in [-0.15, -0.1) is 0 Å². The van der Waals surface area contributed by atoms with Crippen LogP contribution in [0.3, 0.4) is 0 Å². The van der Waals surface area contributed by atoms with Gasteiger partial charge in [-0.2, -0.15) is 0 Å². The molecule has 0 unspecified atom stereocenters. The molecule has 1 amide bonds. The van der Waals surface area contributed by atoms with Gasteiger partial charge in [-0.05, 0) is 28.8 Å². The highest BCUT2D eigenvalue weighted by atomic mass is 35.6. The number of nitrogens with zero attached hydrogens (tertiary/aromatic N) is 3. The summed E-state index contributed by atoms with van der Waals surface area (Å²) in [6, 6.07) is 22.0. The molecule has 2 N–H and O–H groups in total. The van der Waals surface area contributed by atoms with Crippen LogP contribution >= 0.6 is 34.8 Å². The summed E-state index contributed by atoms with van der Waals surface area (Å²) in [7, 11) is 0. The van der Waals surface area contributed by atoms with Gasteiger partial charge >= 0.3 is 0 Å². The largest absolute Gasteiger partial charge is 0.392 e. The number of benzene rings is 3. The SMILES string of the molecule is C[C@H]1[C@@H](CN2CCN(c3ccc([N+](=O)[O-])cc3)CC2)O[C@@H](c2ccc(CNC(=O)C(Cl)(Cl)Cl)cc2)O[C@H]1c1ccc(CO)cc1. The number of aliphatic hydroxyl groups excluding tert-OH is 1. The highest BCUT2D eigenvalue weighted by Gasteiger charge is 2.39. The lowest BCUT2D eigenvalue weighted by molar-refractivity contribution is -0.384. The molecular formula is C32H35Cl3N4O6. The van der Waals surface area contributed by atoms with Gasteiger partial charge in [0.15, 0.2) is 6.29 Å². The fraction of sp³-hybridized carbons (Fsp3) is 0.406. The quantitative estimate of drug-likeness (QED) is 0.169. The summed E-state index contributed by atoms with van der Waals surface area (Å²) in [5.74, 6) is -0.665. The lowest BCUT2D eigenvalue weighted by Gasteiger charge is -2.44. The molecule has 0 bridgehead atoms. The summed E-state index contributed by atoms with van der Waals surface area (Å²) >= 11 is 16.9. The van der Waals surface area contributed by atoms with Crippen LogP contribution in [0.15, 0.2) is 72.8 Å². The Morgan fingerprint density at radius 3 is 2.11 bits per heavy atom. The Morgan fingerprint density at radius 2 is 1.53 bits per heavy atom. The Kier molecular flexibility index (Phi) is 10.9. The maximum Gasteiger partial charge on any atom is 0.272 e. The van der Waals surface area contributed by atoms with Gasteiger partial charge in [-0.25, -0.2) is 0 Å². The van der Waals surface area contributed by atoms with Crippen molar-refractivity contribution in [1.82, 2.24) is 10.2 Å². The van der Waals surface area contributed by atoms with E-state index in [0.29, 0.717) is 6.54 Å². The minimum Gasteiger partial charge on any atom is -0.392 e. The van der Waals surface area contributed by atoms with Gasteiger partial charge in [0.25, 0.3) is 15.4 Å². The van der Waals surface area contributed by atoms with Gasteiger partial charge < -0.3 is 24.8 Å². The summed E-state index contributed by atoms with van der Waals surface area (Å²) in [5, 5.41) is 23.2. The van der Waals surface area contributed by atoms with Crippen molar-refractivity contribution in [3.8, 4) is 0 Å². The molecule has 13 heteroatoms. The van der Waals surface area contributed by atoms with Crippen LogP contribution in [0.5, 0.6) is 0 Å². The van der Waals surface area contributed by atoms with Crippen molar-refractivity contribution in [3.63, 3.8) is 0 Å². The zero-order chi connectivity index (χ0) is 32.1. The molecule has 3 aromatic carbocycles. The highest BCUT2D eigenvalue weighted by Crippen LogP contribution is 2.42. The average Bonchev–Trinajstić information content (AvgIpc) is 3.05. The van der Waals surface area contributed by atoms with E-state index in [1.165, 1.54) is 0 Å². The fourth-order valence-corrected chi connectivity index (χ4v) is 5.83. The van der Waals surface area contributed by atoms with Crippen LogP contribution in [0.25, 0.3) is 0 Å². The summed E-state index contributed by atoms with van der Waals surface area (Å²) < 4.78 is 11.1. The van der Waals surface area contributed by atoms with E-state index in [9.17, 15) is 20.0 Å². The third-order valence-corrected chi connectivity index (χ3v) is 8.84. The van der Waals surface area contributed by atoms with Gasteiger partial charge in [-0.1, -0.05) is 90.3 Å². The van der Waals surface area contributed by atoms with Crippen LogP contribution in [0.1, 0.15) is 41.6 Å². The van der Waals surface area contributed by atoms with Gasteiger partial charge in [0.1, 0.15) is 0 Å². The molecule has 10 nitrogen and oxygen atoms in total. The van der Waals surface area contributed by atoms with E-state index in [-0.39, 0.29) is 41.9 Å². The Morgan fingerprint density at radius 1 is 0.933 bits per heavy atom. The molecule has 2 saturated heterocycles. The lowest BCUT2D eigenvalue weighted by atomic mass is 9.90. The van der Waals surface area contributed by atoms with Gasteiger partial charge in [0.05, 0.1) is 23.7 Å². The molecule has 0 radical (unpaired) electrons. The first-order valence-electron chi connectivity index (χ1n) is 14.7. The highest BCUT2D eigenvalue weighted by molar-refractivity contribution is 6.76. The van der Waals surface area contributed by atoms with E-state index in [1.54, 1.807) is 24.3 Å². The fourth-order valence-electron chi connectivity index (χ4n) is 5.63. The number of hydrogen-bond donors (Lipinski definition) is 2. The van der Waals surface area contributed by atoms with Crippen molar-refractivity contribution in [1.29, 1.82) is 0 Å². The van der Waals surface area contributed by atoms with Crippen LogP contribution < -0.4 is 10.2 Å². The van der Waals surface area contributed by atoms with Gasteiger partial charge in [0, 0.05) is 68.6 Å². The minimum atomic E-state index is -2.03. The molecule has 0 spiro atoms. The van der Waals surface area contributed by atoms with Crippen LogP contribution in [-0.4, -0.2) is 63.5 Å². The second kappa shape index (κ2) is 14.6. The van der Waals surface area contributed by atoms with Crippen molar-refractivity contribution in [2.24, 2.45) is 5.92 Å². The second-order valence-corrected chi connectivity index (χ2v) is 13.6. The monoisotopic (exact) mass is 676 g/mol. The normalized spacial score (nSPS) is 22.6. The van der Waals surface area contributed by atoms with E-state index in [4.69, 9.17) is 44.3 Å². The topological polar surface area (TPSA) is 117 Å². The predicted molar refractivity (Wildman–Crippen MR) is 173 cm³/mol. The number of ether oxygens (including phenoxy) is 2. The number of amides is 1. The molecule has 4 atom stereocenters. The molecule has 2 aliphatic rings. The van der Waals surface area contributed by atoms with Gasteiger partial charge in [-0.3, -0.25) is 19.8 Å². The first-order chi connectivity index (χ1) is 21.5. The first kappa shape index (κ1) is 33.4. The number of halogens is 3. The zero-order valence-corrected chi connectivity index (χ0v) is 26.9. The summed E-state index contributed by atoms with van der Waals surface area (Å²) in [5.41, 5.74) is 4.55. The Bertz CT molecular complexity index is 1450. The van der Waals surface area contributed by atoms with Crippen molar-refractivity contribution in [3.05, 3.63) is 105 Å². The van der Waals surface area contributed by atoms with Crippen molar-refractivity contribution < 1.29 is 24.3 Å². The molecule has 2 aliphatic heterocycles. The predicted octanol–water partition coefficient (Wildman–Crippen LogP) is 5.69. The third kappa shape index (κ3) is 8.45. The second-order valence-electron chi connectivity index (χ2n) is 11.3. The smallest absolute Gasteiger partial charge is 0.272 e. The van der Waals surface area contributed by atoms with Crippen molar-refractivity contribution in [2.45, 2.75) is 42.4 Å². The Balaban J connectivity index is 1.27. The Labute approximate surface area is 276 Å². The van der Waals surface area contributed by atoms with Crippen LogP contribution in [0.4, 0.5) is 11.4 Å². The number of rotatable bonds is 9. The lowest BCUT2D eigenvalue weighted by Crippen LogP contribution is -2.51. The van der Waals surface area contributed by atoms with E-state index >= 15 is 0 Å². The number of piperazine rings is 1. The van der Waals surface area contributed by atoms with Crippen molar-refractivity contribution in [2.75, 3.05) is 37.6 Å². The Hall–Kier alpha value is -2.96. The zero-order valence-electron chi connectivity index (χ0n) is 24.7. The number of carbonyl (C=O) groups excluding carboxylic acids is 1. The molecular weight excluding hydrogens is 643 g/mol. The number of alkyl halides is 3. The number of nitro benzene ring substituents is 1. The van der Waals surface area contributed by atoms with Crippen LogP contribution in [0, 0.1) is 16.0 Å². The van der Waals surface area contributed by atoms with Crippen LogP contribution in [0.2, 0.25) is 0 Å². The third-order valence-electron chi connectivity index (χ3n) is 8.32. The molecule has 2 heterocycles. The van der Waals surface area contributed by atoms with Crippen molar-refractivity contribution >= 4 is 52.1 Å². The van der Waals surface area contributed by atoms with E-state index in [1.807, 2.05) is 48.5 Å². The van der Waals surface area contributed by atoms with E-state index < -0.39 is 16.0 Å². The summed E-state index contributed by atoms with van der Waals surface area (Å²) in [4.78, 5) is 27.2. The van der Waals surface area contributed by atoms with Gasteiger partial charge in [0.2, 0.25) is 0 Å². The molecule has 240 valence electrons. The molecule has 0 aromatic heterocycles. The molecule has 45 heavy (non-hydrogen) atoms. The number of carbonyl (C=O) groups is 1. The molecule has 2 fully saturated rings. The first-order valence-corrected chi connectivity index (χ1v) is 15.8. The number of non-ortho nitro benzene ring substituents is 1. The van der Waals surface area contributed by atoms with E-state index in [0.717, 1.165) is 54.1 Å². The number of nitro groups is 1. The molecule has 0 saturated carbocycles. The van der Waals surface area contributed by atoms with Crippen LogP contribution in [-0.2, 0) is 27.4 Å². The maximum absolute atomic E-state index is 11.9. The number of nitrogens with one attached hydrogen (secondary N) is 1. The average molecular weight is 678 g/mol. The minimum absolute atomic E-state index is 0.0317. The molecule has 3 aromatic rings. The molecule has 5 rings (SSSR count). The maximum atomic E-state index is 11.9. The van der Waals surface area contributed by atoms with E-state index in [2.05, 4.69) is 22.0 Å². The standard InChI is InChI=1S/C32H35Cl3N4O6/c1-21-28(19-37-14-16-38(17-15-37)26-10-12-27(13-11-26)39(42)43)44-30(45-29(21)24-6-4-23(20-40)5-7-24)25-8-2-22(3-9-25)18-36-31(41)32(33,34)35/h2-13,21,28-30,40H,14-20H2,1H3,(H,36,41)/t21-,28+,29+,30+/m0/s1. The summed E-state index contributed by atoms with van der Waals surface area (Å²) in [6.45, 7) is 6.23. The molecule has 0 aliphatic carbocycles. The number of aliphatic hydroxyl groups is 1. The summed E-state index contributed by atoms with van der Waals surface area (Å²) in [6.07, 6.45) is -1.01.